The minimum Gasteiger partial charge on any atom is -0.355 e. The Kier molecular flexibility index (Phi) is 6.27. The standard InChI is InChI=1S/C21H28N4O2/c1-3-12-22-20(26)15-8-4-5-9-16(15)21(27)23-13-11-18-24-17-10-6-7-14(2)19(17)25-18/h3,6-7,10,15-16H,1,4-5,8-9,11-13H2,2H3,(H,22,26)(H,23,27)(H,24,25)/t15-,16+/m0/s1. The molecule has 2 aromatic rings. The van der Waals surface area contributed by atoms with E-state index < -0.39 is 0 Å². The van der Waals surface area contributed by atoms with Crippen LogP contribution in [0.3, 0.4) is 0 Å². The van der Waals surface area contributed by atoms with Crippen molar-refractivity contribution in [2.24, 2.45) is 11.8 Å². The highest BCUT2D eigenvalue weighted by Gasteiger charge is 2.35. The predicted molar refractivity (Wildman–Crippen MR) is 106 cm³/mol. The van der Waals surface area contributed by atoms with Crippen molar-refractivity contribution in [1.29, 1.82) is 0 Å². The first kappa shape index (κ1) is 19.1. The van der Waals surface area contributed by atoms with Crippen LogP contribution in [-0.2, 0) is 16.0 Å². The number of rotatable bonds is 7. The second-order valence-electron chi connectivity index (χ2n) is 7.23. The van der Waals surface area contributed by atoms with Crippen LogP contribution in [0.4, 0.5) is 0 Å². The van der Waals surface area contributed by atoms with Crippen molar-refractivity contribution in [3.8, 4) is 0 Å². The topological polar surface area (TPSA) is 86.9 Å². The SMILES string of the molecule is C=CCNC(=O)[C@H]1CCCC[C@H]1C(=O)NCCc1nc2c(C)cccc2[nH]1. The van der Waals surface area contributed by atoms with Crippen LogP contribution in [0.1, 0.15) is 37.1 Å². The van der Waals surface area contributed by atoms with E-state index in [1.54, 1.807) is 6.08 Å². The van der Waals surface area contributed by atoms with Crippen molar-refractivity contribution in [1.82, 2.24) is 20.6 Å². The second-order valence-corrected chi connectivity index (χ2v) is 7.23. The molecule has 1 aromatic heterocycles. The predicted octanol–water partition coefficient (Wildman–Crippen LogP) is 2.64. The molecule has 0 radical (unpaired) electrons. The molecule has 0 aliphatic heterocycles. The Labute approximate surface area is 159 Å². The Morgan fingerprint density at radius 2 is 1.93 bits per heavy atom. The van der Waals surface area contributed by atoms with E-state index >= 15 is 0 Å². The Morgan fingerprint density at radius 3 is 2.59 bits per heavy atom. The molecule has 0 unspecified atom stereocenters. The summed E-state index contributed by atoms with van der Waals surface area (Å²) in [5.41, 5.74) is 3.13. The van der Waals surface area contributed by atoms with E-state index in [0.29, 0.717) is 19.5 Å². The molecule has 1 aliphatic carbocycles. The number of nitrogens with one attached hydrogen (secondary N) is 3. The van der Waals surface area contributed by atoms with E-state index in [9.17, 15) is 9.59 Å². The van der Waals surface area contributed by atoms with Gasteiger partial charge in [-0.05, 0) is 31.4 Å². The lowest BCUT2D eigenvalue weighted by Gasteiger charge is -2.29. The van der Waals surface area contributed by atoms with Gasteiger partial charge in [0, 0.05) is 31.3 Å². The zero-order valence-corrected chi connectivity index (χ0v) is 15.9. The van der Waals surface area contributed by atoms with E-state index in [2.05, 4.69) is 27.2 Å². The van der Waals surface area contributed by atoms with Crippen molar-refractivity contribution in [2.75, 3.05) is 13.1 Å². The number of H-pyrrole nitrogens is 1. The normalized spacial score (nSPS) is 19.6. The van der Waals surface area contributed by atoms with Gasteiger partial charge < -0.3 is 15.6 Å². The van der Waals surface area contributed by atoms with Crippen molar-refractivity contribution in [3.63, 3.8) is 0 Å². The number of hydrogen-bond donors (Lipinski definition) is 3. The van der Waals surface area contributed by atoms with Crippen LogP contribution >= 0.6 is 0 Å². The fourth-order valence-electron chi connectivity index (χ4n) is 3.84. The third-order valence-corrected chi connectivity index (χ3v) is 5.28. The van der Waals surface area contributed by atoms with E-state index in [-0.39, 0.29) is 23.7 Å². The van der Waals surface area contributed by atoms with Crippen LogP contribution in [0.25, 0.3) is 11.0 Å². The minimum atomic E-state index is -0.249. The molecule has 3 N–H and O–H groups in total. The first-order chi connectivity index (χ1) is 13.1. The fourth-order valence-corrected chi connectivity index (χ4v) is 3.84. The van der Waals surface area contributed by atoms with Crippen LogP contribution < -0.4 is 10.6 Å². The summed E-state index contributed by atoms with van der Waals surface area (Å²) in [5.74, 6) is 0.306. The van der Waals surface area contributed by atoms with Crippen LogP contribution in [-0.4, -0.2) is 34.9 Å². The highest BCUT2D eigenvalue weighted by Crippen LogP contribution is 2.30. The van der Waals surface area contributed by atoms with Crippen LogP contribution in [0, 0.1) is 18.8 Å². The van der Waals surface area contributed by atoms with Gasteiger partial charge >= 0.3 is 0 Å². The van der Waals surface area contributed by atoms with Crippen LogP contribution in [0.2, 0.25) is 0 Å². The van der Waals surface area contributed by atoms with E-state index in [1.165, 1.54) is 0 Å². The Bertz CT molecular complexity index is 827. The molecule has 0 bridgehead atoms. The molecule has 27 heavy (non-hydrogen) atoms. The molecule has 3 rings (SSSR count). The molecular formula is C21H28N4O2. The van der Waals surface area contributed by atoms with E-state index in [0.717, 1.165) is 48.1 Å². The van der Waals surface area contributed by atoms with Crippen molar-refractivity contribution in [3.05, 3.63) is 42.2 Å². The van der Waals surface area contributed by atoms with Crippen molar-refractivity contribution in [2.45, 2.75) is 39.0 Å². The maximum atomic E-state index is 12.7. The average molecular weight is 368 g/mol. The highest BCUT2D eigenvalue weighted by atomic mass is 16.2. The van der Waals surface area contributed by atoms with Gasteiger partial charge in [-0.15, -0.1) is 6.58 Å². The molecule has 6 nitrogen and oxygen atoms in total. The number of aryl methyl sites for hydroxylation is 1. The van der Waals surface area contributed by atoms with Gasteiger partial charge in [0.15, 0.2) is 0 Å². The van der Waals surface area contributed by atoms with Gasteiger partial charge in [0.25, 0.3) is 0 Å². The minimum absolute atomic E-state index is 0.0271. The number of aromatic amines is 1. The Hall–Kier alpha value is -2.63. The summed E-state index contributed by atoms with van der Waals surface area (Å²) in [7, 11) is 0. The molecule has 1 aromatic carbocycles. The molecule has 0 spiro atoms. The number of imidazole rings is 1. The lowest BCUT2D eigenvalue weighted by molar-refractivity contribution is -0.136. The number of fused-ring (bicyclic) bond motifs is 1. The molecule has 1 fully saturated rings. The maximum Gasteiger partial charge on any atom is 0.224 e. The lowest BCUT2D eigenvalue weighted by Crippen LogP contribution is -2.44. The number of para-hydroxylation sites is 1. The number of aromatic nitrogens is 2. The van der Waals surface area contributed by atoms with E-state index in [4.69, 9.17) is 0 Å². The molecule has 0 saturated heterocycles. The summed E-state index contributed by atoms with van der Waals surface area (Å²) in [6, 6.07) is 6.04. The van der Waals surface area contributed by atoms with E-state index in [1.807, 2.05) is 25.1 Å². The maximum absolute atomic E-state index is 12.7. The summed E-state index contributed by atoms with van der Waals surface area (Å²) >= 11 is 0. The van der Waals surface area contributed by atoms with Gasteiger partial charge in [-0.25, -0.2) is 4.98 Å². The molecule has 2 amide bonds. The van der Waals surface area contributed by atoms with Crippen LogP contribution in [0.15, 0.2) is 30.9 Å². The van der Waals surface area contributed by atoms with Gasteiger partial charge in [-0.1, -0.05) is 31.1 Å². The smallest absolute Gasteiger partial charge is 0.224 e. The number of amides is 2. The number of hydrogen-bond acceptors (Lipinski definition) is 3. The average Bonchev–Trinajstić information content (AvgIpc) is 3.10. The van der Waals surface area contributed by atoms with Gasteiger partial charge in [0.2, 0.25) is 11.8 Å². The van der Waals surface area contributed by atoms with Gasteiger partial charge in [-0.2, -0.15) is 0 Å². The van der Waals surface area contributed by atoms with Crippen LogP contribution in [0.5, 0.6) is 0 Å². The summed E-state index contributed by atoms with van der Waals surface area (Å²) in [6.07, 6.45) is 5.82. The zero-order valence-electron chi connectivity index (χ0n) is 15.9. The number of carbonyl (C=O) groups excluding carboxylic acids is 2. The van der Waals surface area contributed by atoms with Gasteiger partial charge in [-0.3, -0.25) is 9.59 Å². The highest BCUT2D eigenvalue weighted by molar-refractivity contribution is 5.88. The molecule has 144 valence electrons. The zero-order chi connectivity index (χ0) is 19.2. The third kappa shape index (κ3) is 4.56. The number of benzene rings is 1. The van der Waals surface area contributed by atoms with Gasteiger partial charge in [0.05, 0.1) is 11.0 Å². The molecule has 6 heteroatoms. The molecule has 1 heterocycles. The monoisotopic (exact) mass is 368 g/mol. The number of nitrogens with zero attached hydrogens (tertiary/aromatic N) is 1. The second kappa shape index (κ2) is 8.84. The lowest BCUT2D eigenvalue weighted by atomic mass is 9.78. The van der Waals surface area contributed by atoms with Crippen molar-refractivity contribution >= 4 is 22.8 Å². The quantitative estimate of drug-likeness (QED) is 0.657. The summed E-state index contributed by atoms with van der Waals surface area (Å²) in [5, 5.41) is 5.84. The molecule has 1 aliphatic rings. The number of carbonyl (C=O) groups is 2. The largest absolute Gasteiger partial charge is 0.355 e. The summed E-state index contributed by atoms with van der Waals surface area (Å²) in [4.78, 5) is 32.9. The molecule has 1 saturated carbocycles. The first-order valence-corrected chi connectivity index (χ1v) is 9.70. The van der Waals surface area contributed by atoms with Crippen molar-refractivity contribution < 1.29 is 9.59 Å². The Morgan fingerprint density at radius 1 is 1.22 bits per heavy atom. The summed E-state index contributed by atoms with van der Waals surface area (Å²) < 4.78 is 0. The van der Waals surface area contributed by atoms with Gasteiger partial charge in [0.1, 0.15) is 5.82 Å². The molecular weight excluding hydrogens is 340 g/mol. The molecule has 2 atom stereocenters. The fraction of sp³-hybridized carbons (Fsp3) is 0.476. The third-order valence-electron chi connectivity index (χ3n) is 5.28. The Balaban J connectivity index is 1.56. The first-order valence-electron chi connectivity index (χ1n) is 9.70. The summed E-state index contributed by atoms with van der Waals surface area (Å²) in [6.45, 7) is 6.61.